The molecule has 0 aliphatic heterocycles. The number of carbonyl (C=O) groups excluding carboxylic acids is 1. The first-order valence-corrected chi connectivity index (χ1v) is 12.3. The van der Waals surface area contributed by atoms with Gasteiger partial charge in [0.05, 0.1) is 12.1 Å². The van der Waals surface area contributed by atoms with Gasteiger partial charge in [-0.05, 0) is 77.7 Å². The Labute approximate surface area is 202 Å². The first-order chi connectivity index (χ1) is 15.7. The van der Waals surface area contributed by atoms with Crippen LogP contribution in [0, 0.1) is 6.92 Å². The fraction of sp³-hybridized carbons (Fsp3) is 0.600. The van der Waals surface area contributed by atoms with Gasteiger partial charge >= 0.3 is 0 Å². The van der Waals surface area contributed by atoms with Crippen LogP contribution in [0.5, 0.6) is 0 Å². The molecule has 2 N–H and O–H groups in total. The van der Waals surface area contributed by atoms with E-state index in [0.29, 0.717) is 34.7 Å². The van der Waals surface area contributed by atoms with Gasteiger partial charge in [0, 0.05) is 47.6 Å². The molecule has 1 aromatic heterocycles. The number of amides is 1. The lowest BCUT2D eigenvalue weighted by molar-refractivity contribution is 0.0950. The van der Waals surface area contributed by atoms with Crippen LogP contribution in [0.4, 0.5) is 5.69 Å². The Morgan fingerprint density at radius 1 is 1.18 bits per heavy atom. The molecule has 2 aromatic rings. The van der Waals surface area contributed by atoms with Crippen molar-refractivity contribution in [1.82, 2.24) is 20.0 Å². The minimum Gasteiger partial charge on any atom is -0.369 e. The Bertz CT molecular complexity index is 1030. The third-order valence-corrected chi connectivity index (χ3v) is 7.30. The molecule has 0 atom stereocenters. The molecule has 0 unspecified atom stereocenters. The smallest absolute Gasteiger partial charge is 0.271 e. The molecule has 1 amide bonds. The highest BCUT2D eigenvalue weighted by Crippen LogP contribution is 2.34. The molecule has 0 saturated heterocycles. The highest BCUT2D eigenvalue weighted by molar-refractivity contribution is 6.31. The van der Waals surface area contributed by atoms with Crippen LogP contribution < -0.4 is 15.8 Å². The van der Waals surface area contributed by atoms with Gasteiger partial charge in [-0.25, -0.2) is 0 Å². The van der Waals surface area contributed by atoms with Gasteiger partial charge in [0.2, 0.25) is 0 Å². The number of halogens is 1. The Balaban J connectivity index is 1.81. The van der Waals surface area contributed by atoms with Crippen LogP contribution in [0.3, 0.4) is 0 Å². The molecular weight excluding hydrogens is 438 g/mol. The fourth-order valence-corrected chi connectivity index (χ4v) is 5.31. The van der Waals surface area contributed by atoms with Crippen molar-refractivity contribution in [3.05, 3.63) is 49.9 Å². The van der Waals surface area contributed by atoms with Crippen LogP contribution in [-0.4, -0.2) is 53.3 Å². The van der Waals surface area contributed by atoms with E-state index in [1.807, 2.05) is 19.9 Å². The summed E-state index contributed by atoms with van der Waals surface area (Å²) in [4.78, 5) is 30.3. The maximum atomic E-state index is 13.2. The molecule has 8 heteroatoms. The predicted molar refractivity (Wildman–Crippen MR) is 136 cm³/mol. The van der Waals surface area contributed by atoms with Gasteiger partial charge in [-0.15, -0.1) is 0 Å². The molecule has 33 heavy (non-hydrogen) atoms. The summed E-state index contributed by atoms with van der Waals surface area (Å²) in [6, 6.07) is 4.78. The molecule has 0 radical (unpaired) electrons. The number of rotatable bonds is 8. The molecule has 1 aliphatic carbocycles. The van der Waals surface area contributed by atoms with Crippen molar-refractivity contribution in [3.63, 3.8) is 0 Å². The summed E-state index contributed by atoms with van der Waals surface area (Å²) >= 11 is 6.49. The summed E-state index contributed by atoms with van der Waals surface area (Å²) in [6.45, 7) is 7.17. The number of aromatic nitrogens is 2. The van der Waals surface area contributed by atoms with Crippen LogP contribution in [0.25, 0.3) is 0 Å². The van der Waals surface area contributed by atoms with Crippen LogP contribution in [-0.2, 0) is 20.0 Å². The number of anilines is 1. The average Bonchev–Trinajstić information content (AvgIpc) is 3.07. The van der Waals surface area contributed by atoms with Gasteiger partial charge in [0.1, 0.15) is 0 Å². The van der Waals surface area contributed by atoms with Crippen LogP contribution in [0.2, 0.25) is 5.02 Å². The number of aryl methyl sites for hydroxylation is 2. The van der Waals surface area contributed by atoms with Crippen LogP contribution in [0.15, 0.2) is 16.9 Å². The Kier molecular flexibility index (Phi) is 8.29. The molecule has 3 rings (SSSR count). The first-order valence-electron chi connectivity index (χ1n) is 12.0. The summed E-state index contributed by atoms with van der Waals surface area (Å²) in [6.07, 6.45) is 5.30. The van der Waals surface area contributed by atoms with E-state index in [2.05, 4.69) is 41.2 Å². The summed E-state index contributed by atoms with van der Waals surface area (Å²) in [5, 5.41) is 6.53. The molecule has 1 fully saturated rings. The second-order valence-electron chi connectivity index (χ2n) is 9.28. The summed E-state index contributed by atoms with van der Waals surface area (Å²) in [5.74, 6) is -0.214. The lowest BCUT2D eigenvalue weighted by atomic mass is 9.89. The molecule has 1 aliphatic rings. The Morgan fingerprint density at radius 3 is 2.39 bits per heavy atom. The van der Waals surface area contributed by atoms with Crippen molar-refractivity contribution < 1.29 is 4.79 Å². The normalized spacial score (nSPS) is 18.5. The minimum absolute atomic E-state index is 0.110. The second kappa shape index (κ2) is 10.8. The van der Waals surface area contributed by atoms with E-state index in [0.717, 1.165) is 36.3 Å². The second-order valence-corrected chi connectivity index (χ2v) is 9.72. The van der Waals surface area contributed by atoms with Crippen LogP contribution in [0.1, 0.15) is 66.7 Å². The highest BCUT2D eigenvalue weighted by atomic mass is 35.5. The molecule has 1 heterocycles. The fourth-order valence-electron chi connectivity index (χ4n) is 5.10. The first kappa shape index (κ1) is 25.4. The van der Waals surface area contributed by atoms with Crippen molar-refractivity contribution >= 4 is 23.2 Å². The molecule has 182 valence electrons. The Morgan fingerprint density at radius 2 is 1.82 bits per heavy atom. The van der Waals surface area contributed by atoms with Crippen molar-refractivity contribution in [2.24, 2.45) is 7.05 Å². The number of benzene rings is 1. The summed E-state index contributed by atoms with van der Waals surface area (Å²) in [5.41, 5.74) is 3.84. The van der Waals surface area contributed by atoms with E-state index < -0.39 is 0 Å². The van der Waals surface area contributed by atoms with E-state index in [9.17, 15) is 9.59 Å². The Hall–Kier alpha value is -2.25. The zero-order valence-electron chi connectivity index (χ0n) is 20.8. The summed E-state index contributed by atoms with van der Waals surface area (Å²) in [7, 11) is 5.99. The SMILES string of the molecule is CCc1[nH]n(C)c(=O)c1CNC(=O)c1cc(Cl)cc(N(CC)C2CCC(N(C)C)CC2)c1C. The van der Waals surface area contributed by atoms with Crippen molar-refractivity contribution in [2.75, 3.05) is 25.5 Å². The van der Waals surface area contributed by atoms with Gasteiger partial charge in [-0.1, -0.05) is 18.5 Å². The minimum atomic E-state index is -0.214. The van der Waals surface area contributed by atoms with Gasteiger partial charge in [0.15, 0.2) is 0 Å². The van der Waals surface area contributed by atoms with Gasteiger partial charge in [-0.2, -0.15) is 0 Å². The van der Waals surface area contributed by atoms with Gasteiger partial charge in [-0.3, -0.25) is 19.4 Å². The topological polar surface area (TPSA) is 73.4 Å². The van der Waals surface area contributed by atoms with E-state index in [1.165, 1.54) is 17.5 Å². The summed E-state index contributed by atoms with van der Waals surface area (Å²) < 4.78 is 1.45. The lowest BCUT2D eigenvalue weighted by Gasteiger charge is -2.40. The molecule has 0 bridgehead atoms. The zero-order valence-corrected chi connectivity index (χ0v) is 21.6. The zero-order chi connectivity index (χ0) is 24.3. The molecule has 1 aromatic carbocycles. The van der Waals surface area contributed by atoms with Gasteiger partial charge < -0.3 is 15.1 Å². The van der Waals surface area contributed by atoms with Crippen molar-refractivity contribution in [1.29, 1.82) is 0 Å². The number of hydrogen-bond acceptors (Lipinski definition) is 4. The number of nitrogens with zero attached hydrogens (tertiary/aromatic N) is 3. The van der Waals surface area contributed by atoms with Gasteiger partial charge in [0.25, 0.3) is 11.5 Å². The van der Waals surface area contributed by atoms with E-state index in [4.69, 9.17) is 11.6 Å². The number of aromatic amines is 1. The monoisotopic (exact) mass is 475 g/mol. The molecule has 7 nitrogen and oxygen atoms in total. The number of nitrogens with one attached hydrogen (secondary N) is 2. The molecular formula is C25H38ClN5O2. The molecule has 1 saturated carbocycles. The third kappa shape index (κ3) is 5.46. The van der Waals surface area contributed by atoms with E-state index in [1.54, 1.807) is 13.1 Å². The number of carbonyl (C=O) groups is 1. The highest BCUT2D eigenvalue weighted by Gasteiger charge is 2.28. The third-order valence-electron chi connectivity index (χ3n) is 7.09. The maximum Gasteiger partial charge on any atom is 0.271 e. The standard InChI is InChI=1S/C25H38ClN5O2/c1-7-22-21(25(33)30(6)28-22)15-27-24(32)20-13-17(26)14-23(16(20)3)31(8-2)19-11-9-18(10-12-19)29(4)5/h13-14,18-19,28H,7-12,15H2,1-6H3,(H,27,32). The van der Waals surface area contributed by atoms with Crippen LogP contribution >= 0.6 is 11.6 Å². The lowest BCUT2D eigenvalue weighted by Crippen LogP contribution is -2.42. The van der Waals surface area contributed by atoms with E-state index >= 15 is 0 Å². The number of hydrogen-bond donors (Lipinski definition) is 2. The van der Waals surface area contributed by atoms with Crippen molar-refractivity contribution in [3.8, 4) is 0 Å². The number of H-pyrrole nitrogens is 1. The average molecular weight is 476 g/mol. The van der Waals surface area contributed by atoms with E-state index in [-0.39, 0.29) is 18.0 Å². The predicted octanol–water partition coefficient (Wildman–Crippen LogP) is 3.87. The molecule has 0 spiro atoms. The maximum absolute atomic E-state index is 13.2. The quantitative estimate of drug-likeness (QED) is 0.608. The largest absolute Gasteiger partial charge is 0.369 e. The van der Waals surface area contributed by atoms with Crippen molar-refractivity contribution in [2.45, 2.75) is 71.5 Å².